The maximum atomic E-state index is 2.69. The molecule has 0 aromatic carbocycles. The molecule has 2 rings (SSSR count). The van der Waals surface area contributed by atoms with Gasteiger partial charge in [-0.3, -0.25) is 0 Å². The van der Waals surface area contributed by atoms with Crippen LogP contribution in [0.25, 0.3) is 0 Å². The standard InChI is InChI=1S/C37H72/c1-12-19-30(24-27(6)7)34-25-35(34)32(13-2)29(9)33-21-18-17-20-31(26-37(14-3,15-4)16-5)36(10,11)23-22-28(33)8/h27-35H,12-26H2,1-11H3. The van der Waals surface area contributed by atoms with Crippen molar-refractivity contribution < 1.29 is 0 Å². The van der Waals surface area contributed by atoms with Gasteiger partial charge in [0.05, 0.1) is 0 Å². The third-order valence-electron chi connectivity index (χ3n) is 12.7. The summed E-state index contributed by atoms with van der Waals surface area (Å²) in [5, 5.41) is 0. The third-order valence-corrected chi connectivity index (χ3v) is 12.7. The molecular formula is C37H72. The van der Waals surface area contributed by atoms with Gasteiger partial charge in [-0.05, 0) is 109 Å². The highest BCUT2D eigenvalue weighted by atomic mass is 14.5. The molecule has 0 heterocycles. The van der Waals surface area contributed by atoms with Gasteiger partial charge in [0, 0.05) is 0 Å². The quantitative estimate of drug-likeness (QED) is 0.215. The molecule has 37 heavy (non-hydrogen) atoms. The van der Waals surface area contributed by atoms with Gasteiger partial charge in [0.2, 0.25) is 0 Å². The van der Waals surface area contributed by atoms with E-state index in [1.54, 1.807) is 6.42 Å². The largest absolute Gasteiger partial charge is 0.0654 e. The molecule has 2 aliphatic rings. The van der Waals surface area contributed by atoms with Gasteiger partial charge in [0.1, 0.15) is 0 Å². The molecule has 8 unspecified atom stereocenters. The SMILES string of the molecule is CCCC(CC(C)C)C1CC1C(CC)C(C)C1CCCCC(CC(CC)(CC)CC)C(C)(C)CCC1C. The van der Waals surface area contributed by atoms with E-state index >= 15 is 0 Å². The highest BCUT2D eigenvalue weighted by Crippen LogP contribution is 2.57. The van der Waals surface area contributed by atoms with Crippen LogP contribution in [0.4, 0.5) is 0 Å². The van der Waals surface area contributed by atoms with Crippen LogP contribution >= 0.6 is 0 Å². The fourth-order valence-electron chi connectivity index (χ4n) is 9.46. The van der Waals surface area contributed by atoms with Gasteiger partial charge in [-0.1, -0.05) is 128 Å². The zero-order chi connectivity index (χ0) is 27.8. The molecule has 0 radical (unpaired) electrons. The van der Waals surface area contributed by atoms with E-state index in [0.29, 0.717) is 10.8 Å². The van der Waals surface area contributed by atoms with Crippen LogP contribution in [0, 0.1) is 64.1 Å². The second kappa shape index (κ2) is 15.1. The van der Waals surface area contributed by atoms with E-state index in [1.807, 2.05) is 0 Å². The van der Waals surface area contributed by atoms with Crippen molar-refractivity contribution in [3.63, 3.8) is 0 Å². The Labute approximate surface area is 236 Å². The molecule has 0 nitrogen and oxygen atoms in total. The van der Waals surface area contributed by atoms with Gasteiger partial charge in [-0.15, -0.1) is 0 Å². The number of hydrogen-bond donors (Lipinski definition) is 0. The second-order valence-electron chi connectivity index (χ2n) is 15.6. The van der Waals surface area contributed by atoms with Crippen LogP contribution in [0.3, 0.4) is 0 Å². The summed E-state index contributed by atoms with van der Waals surface area (Å²) in [6.45, 7) is 27.8. The van der Waals surface area contributed by atoms with Crippen molar-refractivity contribution in [2.45, 2.75) is 172 Å². The average Bonchev–Trinajstić information content (AvgIpc) is 3.64. The first-order chi connectivity index (χ1) is 17.5. The highest BCUT2D eigenvalue weighted by Gasteiger charge is 2.49. The molecule has 2 saturated carbocycles. The van der Waals surface area contributed by atoms with Gasteiger partial charge in [0.25, 0.3) is 0 Å². The number of rotatable bonds is 14. The Kier molecular flexibility index (Phi) is 13.6. The van der Waals surface area contributed by atoms with Crippen molar-refractivity contribution in [1.29, 1.82) is 0 Å². The fourth-order valence-corrected chi connectivity index (χ4v) is 9.46. The minimum absolute atomic E-state index is 0.486. The summed E-state index contributed by atoms with van der Waals surface area (Å²) in [6, 6.07) is 0. The summed E-state index contributed by atoms with van der Waals surface area (Å²) in [6.07, 6.45) is 21.6. The van der Waals surface area contributed by atoms with Crippen LogP contribution < -0.4 is 0 Å². The lowest BCUT2D eigenvalue weighted by molar-refractivity contribution is 0.0652. The van der Waals surface area contributed by atoms with Crippen LogP contribution in [0.5, 0.6) is 0 Å². The van der Waals surface area contributed by atoms with E-state index in [4.69, 9.17) is 0 Å². The maximum absolute atomic E-state index is 2.69. The van der Waals surface area contributed by atoms with Gasteiger partial charge < -0.3 is 0 Å². The first-order valence-corrected chi connectivity index (χ1v) is 17.5. The van der Waals surface area contributed by atoms with Crippen LogP contribution in [0.1, 0.15) is 172 Å². The zero-order valence-corrected chi connectivity index (χ0v) is 27.8. The van der Waals surface area contributed by atoms with Crippen LogP contribution in [0.15, 0.2) is 0 Å². The van der Waals surface area contributed by atoms with Gasteiger partial charge in [-0.2, -0.15) is 0 Å². The van der Waals surface area contributed by atoms with E-state index in [0.717, 1.165) is 53.3 Å². The minimum atomic E-state index is 0.486. The summed E-state index contributed by atoms with van der Waals surface area (Å²) in [4.78, 5) is 0. The average molecular weight is 517 g/mol. The van der Waals surface area contributed by atoms with Gasteiger partial charge in [-0.25, -0.2) is 0 Å². The van der Waals surface area contributed by atoms with Gasteiger partial charge >= 0.3 is 0 Å². The Morgan fingerprint density at radius 1 is 0.811 bits per heavy atom. The Bertz CT molecular complexity index is 601. The van der Waals surface area contributed by atoms with E-state index in [9.17, 15) is 0 Å². The first kappa shape index (κ1) is 33.2. The van der Waals surface area contributed by atoms with E-state index in [-0.39, 0.29) is 0 Å². The molecule has 0 saturated heterocycles. The summed E-state index contributed by atoms with van der Waals surface area (Å²) in [7, 11) is 0. The molecule has 0 amide bonds. The van der Waals surface area contributed by atoms with Crippen molar-refractivity contribution in [2.24, 2.45) is 64.1 Å². The van der Waals surface area contributed by atoms with E-state index in [2.05, 4.69) is 76.2 Å². The lowest BCUT2D eigenvalue weighted by atomic mass is 9.61. The molecular weight excluding hydrogens is 444 g/mol. The molecule has 2 aliphatic carbocycles. The molecule has 0 spiro atoms. The monoisotopic (exact) mass is 517 g/mol. The number of hydrogen-bond acceptors (Lipinski definition) is 0. The summed E-state index contributed by atoms with van der Waals surface area (Å²) in [5.74, 6) is 8.53. The molecule has 0 aromatic heterocycles. The molecule has 220 valence electrons. The van der Waals surface area contributed by atoms with Crippen LogP contribution in [0.2, 0.25) is 0 Å². The summed E-state index contributed by atoms with van der Waals surface area (Å²) in [5.41, 5.74) is 1.06. The Balaban J connectivity index is 2.09. The lowest BCUT2D eigenvalue weighted by Crippen LogP contribution is -2.34. The topological polar surface area (TPSA) is 0 Å². The molecule has 8 atom stereocenters. The predicted octanol–water partition coefficient (Wildman–Crippen LogP) is 12.6. The van der Waals surface area contributed by atoms with Gasteiger partial charge in [0.15, 0.2) is 0 Å². The molecule has 0 bridgehead atoms. The maximum Gasteiger partial charge on any atom is -0.0302 e. The lowest BCUT2D eigenvalue weighted by Gasteiger charge is -2.44. The molecule has 2 fully saturated rings. The predicted molar refractivity (Wildman–Crippen MR) is 168 cm³/mol. The second-order valence-corrected chi connectivity index (χ2v) is 15.6. The Morgan fingerprint density at radius 2 is 1.43 bits per heavy atom. The first-order valence-electron chi connectivity index (χ1n) is 17.5. The van der Waals surface area contributed by atoms with E-state index in [1.165, 1.54) is 89.9 Å². The normalized spacial score (nSPS) is 31.6. The highest BCUT2D eigenvalue weighted by molar-refractivity contribution is 4.98. The third kappa shape index (κ3) is 9.00. The minimum Gasteiger partial charge on any atom is -0.0654 e. The van der Waals surface area contributed by atoms with Crippen LogP contribution in [-0.2, 0) is 0 Å². The molecule has 0 aliphatic heterocycles. The Hall–Kier alpha value is 0. The molecule has 0 N–H and O–H groups in total. The van der Waals surface area contributed by atoms with Crippen molar-refractivity contribution in [3.8, 4) is 0 Å². The van der Waals surface area contributed by atoms with E-state index < -0.39 is 0 Å². The summed E-state index contributed by atoms with van der Waals surface area (Å²) < 4.78 is 0. The van der Waals surface area contributed by atoms with Crippen molar-refractivity contribution in [1.82, 2.24) is 0 Å². The van der Waals surface area contributed by atoms with Crippen molar-refractivity contribution >= 4 is 0 Å². The van der Waals surface area contributed by atoms with Crippen molar-refractivity contribution in [3.05, 3.63) is 0 Å². The fraction of sp³-hybridized carbons (Fsp3) is 1.00. The summed E-state index contributed by atoms with van der Waals surface area (Å²) >= 11 is 0. The van der Waals surface area contributed by atoms with Crippen LogP contribution in [-0.4, -0.2) is 0 Å². The smallest absolute Gasteiger partial charge is 0.0302 e. The molecule has 0 heteroatoms. The van der Waals surface area contributed by atoms with Crippen molar-refractivity contribution in [2.75, 3.05) is 0 Å². The molecule has 0 aromatic rings. The Morgan fingerprint density at radius 3 is 1.97 bits per heavy atom. The zero-order valence-electron chi connectivity index (χ0n) is 27.8.